The quantitative estimate of drug-likeness (QED) is 0.778. The van der Waals surface area contributed by atoms with Crippen LogP contribution in [0.4, 0.5) is 8.78 Å². The predicted octanol–water partition coefficient (Wildman–Crippen LogP) is 4.34. The summed E-state index contributed by atoms with van der Waals surface area (Å²) in [5.41, 5.74) is -0.853. The monoisotopic (exact) mass is 256 g/mol. The highest BCUT2D eigenvalue weighted by molar-refractivity contribution is 5.36. The maximum Gasteiger partial charge on any atom is 0.168 e. The Balaban J connectivity index is 2.43. The van der Waals surface area contributed by atoms with Crippen LogP contribution < -0.4 is 4.74 Å². The fraction of sp³-hybridized carbons (Fsp3) is 0.600. The van der Waals surface area contributed by atoms with Crippen molar-refractivity contribution in [1.82, 2.24) is 0 Å². The van der Waals surface area contributed by atoms with E-state index in [1.165, 1.54) is 0 Å². The maximum atomic E-state index is 14.0. The van der Waals surface area contributed by atoms with Crippen LogP contribution in [0.2, 0.25) is 0 Å². The van der Waals surface area contributed by atoms with Gasteiger partial charge in [-0.2, -0.15) is 0 Å². The first-order valence-electron chi connectivity index (χ1n) is 7.25. The van der Waals surface area contributed by atoms with Crippen LogP contribution in [-0.4, -0.2) is 6.61 Å². The smallest absolute Gasteiger partial charge is 0.168 e. The molecule has 0 bridgehead atoms. The van der Waals surface area contributed by atoms with Crippen LogP contribution in [-0.2, 0) is 6.37 Å². The third-order valence-electron chi connectivity index (χ3n) is 2.68. The van der Waals surface area contributed by atoms with Crippen molar-refractivity contribution in [3.05, 3.63) is 29.3 Å². The average molecular weight is 256 g/mol. The van der Waals surface area contributed by atoms with E-state index in [0.717, 1.165) is 25.0 Å². The van der Waals surface area contributed by atoms with Crippen LogP contribution in [0.3, 0.4) is 0 Å². The van der Waals surface area contributed by atoms with E-state index in [1.54, 1.807) is 20.8 Å². The molecule has 0 saturated heterocycles. The van der Waals surface area contributed by atoms with Crippen molar-refractivity contribution in [3.8, 4) is 5.75 Å². The van der Waals surface area contributed by atoms with Gasteiger partial charge in [-0.25, -0.2) is 8.78 Å². The molecule has 100 valence electrons. The van der Waals surface area contributed by atoms with Gasteiger partial charge in [0.2, 0.25) is 0 Å². The van der Waals surface area contributed by atoms with E-state index in [2.05, 4.69) is 0 Å². The van der Waals surface area contributed by atoms with E-state index >= 15 is 0 Å². The zero-order chi connectivity index (χ0) is 15.1. The minimum Gasteiger partial charge on any atom is -0.490 e. The normalized spacial score (nSPS) is 18.3. The Morgan fingerprint density at radius 2 is 2.00 bits per heavy atom. The van der Waals surface area contributed by atoms with Gasteiger partial charge in [-0.1, -0.05) is 20.8 Å². The molecule has 0 heterocycles. The van der Waals surface area contributed by atoms with E-state index < -0.39 is 23.4 Å². The van der Waals surface area contributed by atoms with Gasteiger partial charge >= 0.3 is 0 Å². The molecule has 0 aliphatic heterocycles. The van der Waals surface area contributed by atoms with Crippen LogP contribution in [0, 0.1) is 23.0 Å². The fourth-order valence-electron chi connectivity index (χ4n) is 1.69. The van der Waals surface area contributed by atoms with E-state index in [4.69, 9.17) is 7.48 Å². The third kappa shape index (κ3) is 3.69. The van der Waals surface area contributed by atoms with Gasteiger partial charge < -0.3 is 4.74 Å². The van der Waals surface area contributed by atoms with Crippen molar-refractivity contribution in [1.29, 1.82) is 0 Å². The first kappa shape index (κ1) is 10.8. The van der Waals surface area contributed by atoms with Crippen molar-refractivity contribution >= 4 is 0 Å². The Kier molecular flexibility index (Phi) is 2.91. The molecule has 1 aliphatic rings. The number of ether oxygens (including phenoxy) is 1. The maximum absolute atomic E-state index is 14.0. The van der Waals surface area contributed by atoms with E-state index in [1.807, 2.05) is 0 Å². The first-order valence-corrected chi connectivity index (χ1v) is 6.25. The molecule has 3 heteroatoms. The molecule has 0 radical (unpaired) electrons. The summed E-state index contributed by atoms with van der Waals surface area (Å²) in [5.74, 6) is -1.37. The molecule has 1 aromatic carbocycles. The van der Waals surface area contributed by atoms with Crippen LogP contribution in [0.5, 0.6) is 5.75 Å². The van der Waals surface area contributed by atoms with Gasteiger partial charge in [0.1, 0.15) is 5.82 Å². The molecule has 0 atom stereocenters. The lowest BCUT2D eigenvalue weighted by Gasteiger charge is -2.21. The average Bonchev–Trinajstić information content (AvgIpc) is 3.09. The minimum absolute atomic E-state index is 0.0526. The lowest BCUT2D eigenvalue weighted by molar-refractivity contribution is 0.276. The molecule has 0 unspecified atom stereocenters. The molecule has 1 fully saturated rings. The van der Waals surface area contributed by atoms with Crippen LogP contribution in [0.1, 0.15) is 41.9 Å². The lowest BCUT2D eigenvalue weighted by atomic mass is 9.87. The van der Waals surface area contributed by atoms with Gasteiger partial charge in [0.25, 0.3) is 0 Å². The highest BCUT2D eigenvalue weighted by atomic mass is 19.1. The summed E-state index contributed by atoms with van der Waals surface area (Å²) >= 11 is 0. The first-order chi connectivity index (χ1) is 9.13. The highest BCUT2D eigenvalue weighted by Gasteiger charge is 2.24. The molecule has 1 saturated carbocycles. The van der Waals surface area contributed by atoms with Gasteiger partial charge in [-0.3, -0.25) is 0 Å². The van der Waals surface area contributed by atoms with Crippen LogP contribution in [0.15, 0.2) is 12.1 Å². The zero-order valence-corrected chi connectivity index (χ0v) is 11.0. The Labute approximate surface area is 110 Å². The van der Waals surface area contributed by atoms with Gasteiger partial charge in [0.15, 0.2) is 11.6 Å². The van der Waals surface area contributed by atoms with E-state index in [0.29, 0.717) is 12.5 Å². The van der Waals surface area contributed by atoms with Crippen LogP contribution in [0.25, 0.3) is 0 Å². The van der Waals surface area contributed by atoms with Crippen molar-refractivity contribution in [3.63, 3.8) is 0 Å². The molecule has 1 aromatic rings. The highest BCUT2D eigenvalue weighted by Crippen LogP contribution is 2.34. The fourth-order valence-corrected chi connectivity index (χ4v) is 1.69. The summed E-state index contributed by atoms with van der Waals surface area (Å²) in [6, 6.07) is 1.78. The Hall–Kier alpha value is -1.12. The second-order valence-corrected chi connectivity index (χ2v) is 5.89. The Bertz CT molecular complexity index is 505. The zero-order valence-electron chi connectivity index (χ0n) is 13.0. The second kappa shape index (κ2) is 4.87. The molecular formula is C15H20F2O. The van der Waals surface area contributed by atoms with Gasteiger partial charge in [0, 0.05) is 14.4 Å². The summed E-state index contributed by atoms with van der Waals surface area (Å²) in [6.45, 7) is 5.44. The summed E-state index contributed by atoms with van der Waals surface area (Å²) in [4.78, 5) is 0. The molecule has 0 aromatic heterocycles. The topological polar surface area (TPSA) is 9.23 Å². The third-order valence-corrected chi connectivity index (χ3v) is 2.68. The number of rotatable bonds is 4. The van der Waals surface area contributed by atoms with Gasteiger partial charge in [0.05, 0.1) is 6.61 Å². The van der Waals surface area contributed by atoms with Crippen molar-refractivity contribution < 1.29 is 16.3 Å². The minimum atomic E-state index is -1.89. The number of hydrogen-bond acceptors (Lipinski definition) is 1. The molecule has 1 nitrogen and oxygen atoms in total. The SMILES string of the molecule is [2H]C([2H])(c1cc(F)cc(F)c1OCC1CC1)C(C)(C)C. The molecule has 2 rings (SSSR count). The number of halogens is 2. The Morgan fingerprint density at radius 1 is 1.33 bits per heavy atom. The standard InChI is InChI=1S/C15H20F2O/c1-15(2,3)8-11-6-12(16)7-13(17)14(11)18-9-10-4-5-10/h6-7,10H,4-5,8-9H2,1-3H3/i8D2. The molecule has 0 N–H and O–H groups in total. The summed E-state index contributed by atoms with van der Waals surface area (Å²) < 4.78 is 49.3. The van der Waals surface area contributed by atoms with E-state index in [-0.39, 0.29) is 11.3 Å². The van der Waals surface area contributed by atoms with Crippen molar-refractivity contribution in [2.24, 2.45) is 11.3 Å². The molecule has 0 amide bonds. The number of benzene rings is 1. The van der Waals surface area contributed by atoms with Crippen LogP contribution >= 0.6 is 0 Å². The van der Waals surface area contributed by atoms with E-state index in [9.17, 15) is 8.78 Å². The second-order valence-electron chi connectivity index (χ2n) is 5.89. The molecule has 1 aliphatic carbocycles. The summed E-state index contributed by atoms with van der Waals surface area (Å²) in [5, 5.41) is 0. The molecule has 0 spiro atoms. The van der Waals surface area contributed by atoms with Gasteiger partial charge in [-0.15, -0.1) is 0 Å². The predicted molar refractivity (Wildman–Crippen MR) is 67.7 cm³/mol. The summed E-state index contributed by atoms with van der Waals surface area (Å²) in [6.07, 6.45) is 0.198. The largest absolute Gasteiger partial charge is 0.490 e. The number of hydrogen-bond donors (Lipinski definition) is 0. The summed E-state index contributed by atoms with van der Waals surface area (Å²) in [7, 11) is 0. The molecule has 18 heavy (non-hydrogen) atoms. The van der Waals surface area contributed by atoms with Gasteiger partial charge in [-0.05, 0) is 36.6 Å². The Morgan fingerprint density at radius 3 is 2.56 bits per heavy atom. The van der Waals surface area contributed by atoms with Crippen molar-refractivity contribution in [2.45, 2.75) is 40.0 Å². The molecular weight excluding hydrogens is 234 g/mol. The van der Waals surface area contributed by atoms with Crippen molar-refractivity contribution in [2.75, 3.05) is 6.61 Å². The lowest BCUT2D eigenvalue weighted by Crippen LogP contribution is -2.12.